The van der Waals surface area contributed by atoms with Crippen LogP contribution in [0.15, 0.2) is 69.3 Å². The molecule has 0 aliphatic carbocycles. The van der Waals surface area contributed by atoms with Crippen LogP contribution in [0.1, 0.15) is 15.9 Å². The fourth-order valence-electron chi connectivity index (χ4n) is 2.44. The molecule has 1 aromatic heterocycles. The molecule has 0 atom stereocenters. The first-order valence-corrected chi connectivity index (χ1v) is 8.12. The number of hydrazone groups is 1. The molecule has 1 amide bonds. The van der Waals surface area contributed by atoms with Crippen molar-refractivity contribution in [3.8, 4) is 17.3 Å². The molecule has 9 heteroatoms. The highest BCUT2D eigenvalue weighted by molar-refractivity contribution is 5.94. The normalized spacial score (nSPS) is 10.8. The van der Waals surface area contributed by atoms with Crippen molar-refractivity contribution in [3.63, 3.8) is 0 Å². The number of amides is 1. The van der Waals surface area contributed by atoms with Crippen molar-refractivity contribution in [2.24, 2.45) is 5.10 Å². The lowest BCUT2D eigenvalue weighted by atomic mass is 10.2. The van der Waals surface area contributed by atoms with Crippen molar-refractivity contribution in [3.05, 3.63) is 86.6 Å². The van der Waals surface area contributed by atoms with Gasteiger partial charge in [0.05, 0.1) is 19.0 Å². The van der Waals surface area contributed by atoms with E-state index in [1.165, 1.54) is 19.2 Å². The van der Waals surface area contributed by atoms with Crippen molar-refractivity contribution in [2.75, 3.05) is 7.11 Å². The fourth-order valence-corrected chi connectivity index (χ4v) is 2.44. The van der Waals surface area contributed by atoms with E-state index in [4.69, 9.17) is 4.74 Å². The summed E-state index contributed by atoms with van der Waals surface area (Å²) in [4.78, 5) is 38.2. The Balaban J connectivity index is 1.92. The van der Waals surface area contributed by atoms with Gasteiger partial charge in [-0.2, -0.15) is 5.10 Å². The molecular formula is C19H16N4O5. The van der Waals surface area contributed by atoms with Gasteiger partial charge < -0.3 is 9.84 Å². The Morgan fingerprint density at radius 2 is 1.82 bits per heavy atom. The van der Waals surface area contributed by atoms with Crippen LogP contribution < -0.4 is 21.4 Å². The lowest BCUT2D eigenvalue weighted by molar-refractivity contribution is 0.0955. The van der Waals surface area contributed by atoms with Gasteiger partial charge in [-0.1, -0.05) is 18.2 Å². The predicted octanol–water partition coefficient (Wildman–Crippen LogP) is 1.00. The molecule has 0 saturated carbocycles. The molecule has 2 aromatic carbocycles. The highest BCUT2D eigenvalue weighted by atomic mass is 16.5. The smallest absolute Gasteiger partial charge is 0.335 e. The molecule has 3 N–H and O–H groups in total. The SMILES string of the molecule is COc1ccc(-n2c(O)c(/C=N\NC(=O)c3ccccc3)c(=O)[nH]c2=O)cc1. The van der Waals surface area contributed by atoms with Crippen molar-refractivity contribution in [2.45, 2.75) is 0 Å². The highest BCUT2D eigenvalue weighted by Crippen LogP contribution is 2.18. The molecule has 1 heterocycles. The molecule has 0 aliphatic heterocycles. The first-order chi connectivity index (χ1) is 13.5. The largest absolute Gasteiger partial charge is 0.497 e. The molecule has 9 nitrogen and oxygen atoms in total. The minimum atomic E-state index is -0.843. The first kappa shape index (κ1) is 18.6. The van der Waals surface area contributed by atoms with Gasteiger partial charge in [0.25, 0.3) is 11.5 Å². The summed E-state index contributed by atoms with van der Waals surface area (Å²) in [6.45, 7) is 0. The van der Waals surface area contributed by atoms with E-state index in [1.54, 1.807) is 42.5 Å². The first-order valence-electron chi connectivity index (χ1n) is 8.12. The van der Waals surface area contributed by atoms with Gasteiger partial charge in [-0.3, -0.25) is 14.6 Å². The third-order valence-electron chi connectivity index (χ3n) is 3.85. The van der Waals surface area contributed by atoms with E-state index in [-0.39, 0.29) is 5.56 Å². The topological polar surface area (TPSA) is 126 Å². The quantitative estimate of drug-likeness (QED) is 0.450. The minimum Gasteiger partial charge on any atom is -0.497 e. The number of aromatic amines is 1. The molecule has 0 spiro atoms. The summed E-state index contributed by atoms with van der Waals surface area (Å²) in [5.41, 5.74) is 0.985. The summed E-state index contributed by atoms with van der Waals surface area (Å²) in [5.74, 6) is -0.543. The number of carbonyl (C=O) groups is 1. The van der Waals surface area contributed by atoms with E-state index in [9.17, 15) is 19.5 Å². The molecule has 28 heavy (non-hydrogen) atoms. The summed E-state index contributed by atoms with van der Waals surface area (Å²) in [7, 11) is 1.50. The zero-order valence-corrected chi connectivity index (χ0v) is 14.7. The van der Waals surface area contributed by atoms with E-state index in [1.807, 2.05) is 0 Å². The number of rotatable bonds is 5. The monoisotopic (exact) mass is 380 g/mol. The van der Waals surface area contributed by atoms with E-state index in [0.29, 0.717) is 17.0 Å². The minimum absolute atomic E-state index is 0.288. The molecule has 0 radical (unpaired) electrons. The van der Waals surface area contributed by atoms with Crippen LogP contribution in [0.4, 0.5) is 0 Å². The Morgan fingerprint density at radius 3 is 2.46 bits per heavy atom. The number of aromatic nitrogens is 2. The van der Waals surface area contributed by atoms with Gasteiger partial charge in [-0.25, -0.2) is 14.8 Å². The highest BCUT2D eigenvalue weighted by Gasteiger charge is 2.14. The van der Waals surface area contributed by atoms with Crippen LogP contribution in [-0.4, -0.2) is 33.9 Å². The molecule has 142 valence electrons. The number of methoxy groups -OCH3 is 1. The Hall–Kier alpha value is -4.14. The Kier molecular flexibility index (Phi) is 5.35. The second-order valence-electron chi connectivity index (χ2n) is 5.60. The predicted molar refractivity (Wildman–Crippen MR) is 102 cm³/mol. The number of carbonyl (C=O) groups excluding carboxylic acids is 1. The lowest BCUT2D eigenvalue weighted by Gasteiger charge is -2.10. The molecule has 0 bridgehead atoms. The standard InChI is InChI=1S/C19H16N4O5/c1-28-14-9-7-13(8-10-14)23-18(26)15(17(25)21-19(23)27)11-20-22-16(24)12-5-3-2-4-6-12/h2-11,26H,1H3,(H,22,24)(H,21,25,27)/b20-11-. The summed E-state index contributed by atoms with van der Waals surface area (Å²) in [6.07, 6.45) is 0.967. The number of hydrogen-bond acceptors (Lipinski definition) is 6. The molecule has 0 unspecified atom stereocenters. The van der Waals surface area contributed by atoms with Crippen molar-refractivity contribution in [1.82, 2.24) is 15.0 Å². The number of hydrogen-bond donors (Lipinski definition) is 3. The van der Waals surface area contributed by atoms with E-state index < -0.39 is 23.0 Å². The number of ether oxygens (including phenoxy) is 1. The maximum absolute atomic E-state index is 12.1. The molecule has 0 fully saturated rings. The zero-order chi connectivity index (χ0) is 20.1. The summed E-state index contributed by atoms with van der Waals surface area (Å²) in [5, 5.41) is 14.1. The third-order valence-corrected chi connectivity index (χ3v) is 3.85. The average molecular weight is 380 g/mol. The number of nitrogens with one attached hydrogen (secondary N) is 2. The summed E-state index contributed by atoms with van der Waals surface area (Å²) >= 11 is 0. The summed E-state index contributed by atoms with van der Waals surface area (Å²) in [6, 6.07) is 14.6. The second-order valence-corrected chi connectivity index (χ2v) is 5.60. The third kappa shape index (κ3) is 3.83. The van der Waals surface area contributed by atoms with E-state index in [0.717, 1.165) is 10.8 Å². The van der Waals surface area contributed by atoms with E-state index >= 15 is 0 Å². The number of H-pyrrole nitrogens is 1. The van der Waals surface area contributed by atoms with Crippen molar-refractivity contribution < 1.29 is 14.6 Å². The van der Waals surface area contributed by atoms with Crippen LogP contribution in [0.3, 0.4) is 0 Å². The molecule has 0 saturated heterocycles. The maximum Gasteiger partial charge on any atom is 0.335 e. The number of aromatic hydroxyl groups is 1. The second kappa shape index (κ2) is 8.04. The molecule has 3 rings (SSSR count). The summed E-state index contributed by atoms with van der Waals surface area (Å²) < 4.78 is 5.96. The van der Waals surface area contributed by atoms with Crippen LogP contribution in [0.25, 0.3) is 5.69 Å². The zero-order valence-electron chi connectivity index (χ0n) is 14.7. The molecular weight excluding hydrogens is 364 g/mol. The maximum atomic E-state index is 12.1. The van der Waals surface area contributed by atoms with Gasteiger partial charge in [-0.15, -0.1) is 0 Å². The van der Waals surface area contributed by atoms with Gasteiger partial charge in [0, 0.05) is 5.56 Å². The Bertz CT molecular complexity index is 1130. The fraction of sp³-hybridized carbons (Fsp3) is 0.0526. The average Bonchev–Trinajstić information content (AvgIpc) is 2.71. The Morgan fingerprint density at radius 1 is 1.14 bits per heavy atom. The lowest BCUT2D eigenvalue weighted by Crippen LogP contribution is -2.31. The Labute approximate surface area is 158 Å². The van der Waals surface area contributed by atoms with Gasteiger partial charge in [0.1, 0.15) is 11.3 Å². The number of nitrogens with zero attached hydrogens (tertiary/aromatic N) is 2. The molecule has 3 aromatic rings. The number of benzene rings is 2. The van der Waals surface area contributed by atoms with Crippen molar-refractivity contribution >= 4 is 12.1 Å². The van der Waals surface area contributed by atoms with Gasteiger partial charge in [0.2, 0.25) is 5.88 Å². The van der Waals surface area contributed by atoms with Crippen LogP contribution in [0, 0.1) is 0 Å². The van der Waals surface area contributed by atoms with Gasteiger partial charge >= 0.3 is 5.69 Å². The van der Waals surface area contributed by atoms with Crippen LogP contribution in [0.5, 0.6) is 11.6 Å². The van der Waals surface area contributed by atoms with Crippen LogP contribution in [0.2, 0.25) is 0 Å². The van der Waals surface area contributed by atoms with E-state index in [2.05, 4.69) is 15.5 Å². The van der Waals surface area contributed by atoms with Crippen molar-refractivity contribution in [1.29, 1.82) is 0 Å². The molecule has 0 aliphatic rings. The van der Waals surface area contributed by atoms with Gasteiger partial charge in [0.15, 0.2) is 0 Å². The van der Waals surface area contributed by atoms with Crippen LogP contribution in [-0.2, 0) is 0 Å². The van der Waals surface area contributed by atoms with Crippen LogP contribution >= 0.6 is 0 Å². The van der Waals surface area contributed by atoms with Gasteiger partial charge in [-0.05, 0) is 36.4 Å².